The van der Waals surface area contributed by atoms with E-state index in [1.54, 1.807) is 19.2 Å². The van der Waals surface area contributed by atoms with Crippen LogP contribution in [-0.2, 0) is 9.59 Å². The minimum atomic E-state index is -0.339. The van der Waals surface area contributed by atoms with Crippen molar-refractivity contribution >= 4 is 35.1 Å². The summed E-state index contributed by atoms with van der Waals surface area (Å²) in [5.74, 6) is 0.330. The van der Waals surface area contributed by atoms with Crippen LogP contribution in [0.2, 0.25) is 5.02 Å². The van der Waals surface area contributed by atoms with E-state index in [2.05, 4.69) is 5.32 Å². The maximum absolute atomic E-state index is 12.1. The van der Waals surface area contributed by atoms with Gasteiger partial charge in [0, 0.05) is 26.1 Å². The van der Waals surface area contributed by atoms with Gasteiger partial charge < -0.3 is 19.7 Å². The largest absolute Gasteiger partial charge is 0.495 e. The number of anilines is 1. The Hall–Kier alpha value is -2.48. The lowest BCUT2D eigenvalue weighted by molar-refractivity contribution is -0.125. The lowest BCUT2D eigenvalue weighted by Gasteiger charge is -2.15. The van der Waals surface area contributed by atoms with Gasteiger partial charge in [-0.2, -0.15) is 0 Å². The number of rotatable bonds is 7. The van der Waals surface area contributed by atoms with Crippen LogP contribution in [0.1, 0.15) is 12.8 Å². The van der Waals surface area contributed by atoms with Crippen molar-refractivity contribution in [3.8, 4) is 11.5 Å². The average molecular weight is 370 g/mol. The van der Waals surface area contributed by atoms with Gasteiger partial charge in [0.1, 0.15) is 18.0 Å². The zero-order valence-electron chi connectivity index (χ0n) is 14.3. The fraction of sp³-hybridized carbons (Fsp3) is 0.438. The van der Waals surface area contributed by atoms with Gasteiger partial charge in [-0.3, -0.25) is 14.5 Å². The van der Waals surface area contributed by atoms with E-state index < -0.39 is 0 Å². The van der Waals surface area contributed by atoms with Gasteiger partial charge in [-0.1, -0.05) is 11.6 Å². The predicted octanol–water partition coefficient (Wildman–Crippen LogP) is 1.97. The molecule has 0 aromatic heterocycles. The molecule has 136 valence electrons. The molecule has 1 aromatic carbocycles. The van der Waals surface area contributed by atoms with Crippen molar-refractivity contribution in [1.82, 2.24) is 9.80 Å². The van der Waals surface area contributed by atoms with E-state index in [1.807, 2.05) is 0 Å². The maximum Gasteiger partial charge on any atom is 0.326 e. The summed E-state index contributed by atoms with van der Waals surface area (Å²) in [7, 11) is 4.52. The number of imide groups is 1. The molecule has 0 spiro atoms. The summed E-state index contributed by atoms with van der Waals surface area (Å²) in [4.78, 5) is 38.0. The molecule has 0 unspecified atom stereocenters. The summed E-state index contributed by atoms with van der Waals surface area (Å²) < 4.78 is 10.3. The van der Waals surface area contributed by atoms with Gasteiger partial charge in [-0.25, -0.2) is 4.79 Å². The standard InChI is InChI=1S/C16H20ClN3O5/c1-19-9-15(22)20(16(19)23)6-4-5-14(21)18-11-7-10(17)12(24-2)8-13(11)25-3/h7-8H,4-6,9H2,1-3H3,(H,18,21). The molecule has 9 heteroatoms. The molecule has 1 saturated heterocycles. The third kappa shape index (κ3) is 4.33. The van der Waals surface area contributed by atoms with Crippen LogP contribution in [0, 0.1) is 0 Å². The second-order valence-electron chi connectivity index (χ2n) is 5.52. The molecule has 0 bridgehead atoms. The van der Waals surface area contributed by atoms with Crippen LogP contribution in [-0.4, -0.2) is 62.0 Å². The van der Waals surface area contributed by atoms with Crippen LogP contribution < -0.4 is 14.8 Å². The highest BCUT2D eigenvalue weighted by Gasteiger charge is 2.32. The molecular formula is C16H20ClN3O5. The number of amides is 4. The first-order valence-corrected chi connectivity index (χ1v) is 8.02. The molecule has 1 aromatic rings. The Morgan fingerprint density at radius 2 is 1.92 bits per heavy atom. The van der Waals surface area contributed by atoms with E-state index in [4.69, 9.17) is 21.1 Å². The Morgan fingerprint density at radius 3 is 2.48 bits per heavy atom. The summed E-state index contributed by atoms with van der Waals surface area (Å²) in [5.41, 5.74) is 0.423. The van der Waals surface area contributed by atoms with Gasteiger partial charge >= 0.3 is 6.03 Å². The van der Waals surface area contributed by atoms with Crippen LogP contribution in [0.3, 0.4) is 0 Å². The zero-order valence-corrected chi connectivity index (χ0v) is 15.1. The van der Waals surface area contributed by atoms with Crippen LogP contribution in [0.4, 0.5) is 10.5 Å². The number of carbonyl (C=O) groups is 3. The van der Waals surface area contributed by atoms with Gasteiger partial charge in [-0.15, -0.1) is 0 Å². The SMILES string of the molecule is COc1cc(OC)c(NC(=O)CCCN2C(=O)CN(C)C2=O)cc1Cl. The number of likely N-dealkylation sites (N-methyl/N-ethyl adjacent to an activating group) is 1. The molecule has 4 amide bonds. The Labute approximate surface area is 150 Å². The number of halogens is 1. The molecule has 1 N–H and O–H groups in total. The number of nitrogens with one attached hydrogen (secondary N) is 1. The normalized spacial score (nSPS) is 14.1. The van der Waals surface area contributed by atoms with Crippen molar-refractivity contribution in [1.29, 1.82) is 0 Å². The van der Waals surface area contributed by atoms with Crippen molar-refractivity contribution < 1.29 is 23.9 Å². The third-order valence-corrected chi connectivity index (χ3v) is 4.06. The minimum Gasteiger partial charge on any atom is -0.495 e. The minimum absolute atomic E-state index is 0.0760. The summed E-state index contributed by atoms with van der Waals surface area (Å²) in [6, 6.07) is 2.78. The van der Waals surface area contributed by atoms with Crippen LogP contribution >= 0.6 is 11.6 Å². The van der Waals surface area contributed by atoms with E-state index in [9.17, 15) is 14.4 Å². The first kappa shape index (κ1) is 18.9. The Morgan fingerprint density at radius 1 is 1.24 bits per heavy atom. The number of benzene rings is 1. The quantitative estimate of drug-likeness (QED) is 0.742. The number of urea groups is 1. The Kier molecular flexibility index (Phi) is 6.08. The molecule has 0 aliphatic carbocycles. The van der Waals surface area contributed by atoms with Gasteiger partial charge in [0.25, 0.3) is 0 Å². The Balaban J connectivity index is 1.91. The second kappa shape index (κ2) is 8.06. The molecule has 2 rings (SSSR count). The molecule has 1 fully saturated rings. The van der Waals surface area contributed by atoms with E-state index in [1.165, 1.54) is 19.1 Å². The average Bonchev–Trinajstić information content (AvgIpc) is 2.81. The number of hydrogen-bond acceptors (Lipinski definition) is 5. The van der Waals surface area contributed by atoms with Crippen molar-refractivity contribution in [3.05, 3.63) is 17.2 Å². The second-order valence-corrected chi connectivity index (χ2v) is 5.93. The van der Waals surface area contributed by atoms with Gasteiger partial charge in [0.05, 0.1) is 24.9 Å². The van der Waals surface area contributed by atoms with Crippen LogP contribution in [0.5, 0.6) is 11.5 Å². The lowest BCUT2D eigenvalue weighted by Crippen LogP contribution is -2.32. The first-order chi connectivity index (χ1) is 11.9. The highest BCUT2D eigenvalue weighted by Crippen LogP contribution is 2.35. The molecule has 1 aliphatic heterocycles. The van der Waals surface area contributed by atoms with Gasteiger partial charge in [-0.05, 0) is 12.5 Å². The molecule has 1 heterocycles. The van der Waals surface area contributed by atoms with Crippen LogP contribution in [0.15, 0.2) is 12.1 Å². The van der Waals surface area contributed by atoms with E-state index in [0.717, 1.165) is 4.90 Å². The fourth-order valence-electron chi connectivity index (χ4n) is 2.46. The fourth-order valence-corrected chi connectivity index (χ4v) is 2.70. The number of nitrogens with zero attached hydrogens (tertiary/aromatic N) is 2. The third-order valence-electron chi connectivity index (χ3n) is 3.76. The molecule has 0 radical (unpaired) electrons. The molecule has 0 atom stereocenters. The lowest BCUT2D eigenvalue weighted by atomic mass is 10.2. The molecule has 1 aliphatic rings. The monoisotopic (exact) mass is 369 g/mol. The smallest absolute Gasteiger partial charge is 0.326 e. The Bertz CT molecular complexity index is 695. The molecule has 0 saturated carbocycles. The number of hydrogen-bond donors (Lipinski definition) is 1. The van der Waals surface area contributed by atoms with Crippen LogP contribution in [0.25, 0.3) is 0 Å². The molecular weight excluding hydrogens is 350 g/mol. The van der Waals surface area contributed by atoms with Crippen molar-refractivity contribution in [2.45, 2.75) is 12.8 Å². The van der Waals surface area contributed by atoms with E-state index in [0.29, 0.717) is 28.6 Å². The summed E-state index contributed by atoms with van der Waals surface area (Å²) in [5, 5.41) is 3.05. The van der Waals surface area contributed by atoms with Gasteiger partial charge in [0.15, 0.2) is 0 Å². The highest BCUT2D eigenvalue weighted by atomic mass is 35.5. The number of carbonyl (C=O) groups excluding carboxylic acids is 3. The van der Waals surface area contributed by atoms with Crippen molar-refractivity contribution in [3.63, 3.8) is 0 Å². The zero-order chi connectivity index (χ0) is 18.6. The highest BCUT2D eigenvalue weighted by molar-refractivity contribution is 6.32. The summed E-state index contributed by atoms with van der Waals surface area (Å²) >= 11 is 6.06. The molecule has 8 nitrogen and oxygen atoms in total. The van der Waals surface area contributed by atoms with Crippen molar-refractivity contribution in [2.24, 2.45) is 0 Å². The van der Waals surface area contributed by atoms with E-state index in [-0.39, 0.29) is 37.4 Å². The predicted molar refractivity (Wildman–Crippen MR) is 92.2 cm³/mol. The summed E-state index contributed by atoms with van der Waals surface area (Å²) in [6.07, 6.45) is 0.511. The number of methoxy groups -OCH3 is 2. The topological polar surface area (TPSA) is 88.2 Å². The first-order valence-electron chi connectivity index (χ1n) is 7.64. The molecule has 25 heavy (non-hydrogen) atoms. The number of ether oxygens (including phenoxy) is 2. The maximum atomic E-state index is 12.1. The summed E-state index contributed by atoms with van der Waals surface area (Å²) in [6.45, 7) is 0.280. The van der Waals surface area contributed by atoms with Gasteiger partial charge in [0.2, 0.25) is 11.8 Å². The van der Waals surface area contributed by atoms with E-state index >= 15 is 0 Å². The van der Waals surface area contributed by atoms with Crippen molar-refractivity contribution in [2.75, 3.05) is 39.7 Å².